The van der Waals surface area contributed by atoms with E-state index in [9.17, 15) is 4.79 Å². The van der Waals surface area contributed by atoms with Gasteiger partial charge in [-0.3, -0.25) is 4.79 Å². The molecule has 0 atom stereocenters. The van der Waals surface area contributed by atoms with Gasteiger partial charge in [0.1, 0.15) is 17.0 Å². The highest BCUT2D eigenvalue weighted by Gasteiger charge is 2.13. The number of benzene rings is 3. The molecule has 6 nitrogen and oxygen atoms in total. The van der Waals surface area contributed by atoms with Gasteiger partial charge in [-0.2, -0.15) is 0 Å². The number of hydrogen-bond donors (Lipinski definition) is 1. The van der Waals surface area contributed by atoms with Crippen molar-refractivity contribution in [2.75, 3.05) is 19.0 Å². The van der Waals surface area contributed by atoms with Crippen molar-refractivity contribution in [2.45, 2.75) is 6.92 Å². The minimum Gasteiger partial charge on any atom is -0.495 e. The van der Waals surface area contributed by atoms with Crippen molar-refractivity contribution in [2.24, 2.45) is 0 Å². The monoisotopic (exact) mass is 456 g/mol. The molecule has 0 bridgehead atoms. The predicted molar refractivity (Wildman–Crippen MR) is 122 cm³/mol. The molecule has 4 rings (SSSR count). The number of hydrogen-bond acceptors (Lipinski definition) is 5. The zero-order valence-corrected chi connectivity index (χ0v) is 18.3. The van der Waals surface area contributed by atoms with E-state index in [-0.39, 0.29) is 5.91 Å². The maximum absolute atomic E-state index is 12.6. The van der Waals surface area contributed by atoms with E-state index in [1.807, 2.05) is 13.0 Å². The molecule has 158 valence electrons. The number of anilines is 1. The van der Waals surface area contributed by atoms with Crippen molar-refractivity contribution < 1.29 is 18.7 Å². The molecule has 1 amide bonds. The number of carbonyl (C=O) groups is 1. The van der Waals surface area contributed by atoms with Gasteiger partial charge in [0.15, 0.2) is 5.58 Å². The standard InChI is InChI=1S/C23H18Cl2N2O4/c1-3-30-20-8-4-13(10-17(20)25)22(28)26-15-6-9-21-18(12-15)27-23(31-21)14-5-7-19(29-2)16(24)11-14/h4-12H,3H2,1-2H3,(H,26,28). The summed E-state index contributed by atoms with van der Waals surface area (Å²) < 4.78 is 16.4. The van der Waals surface area contributed by atoms with Crippen LogP contribution in [0.2, 0.25) is 10.0 Å². The molecule has 0 saturated carbocycles. The van der Waals surface area contributed by atoms with Gasteiger partial charge in [-0.15, -0.1) is 0 Å². The third-order valence-electron chi connectivity index (χ3n) is 4.54. The Morgan fingerprint density at radius 1 is 1.03 bits per heavy atom. The first-order valence-corrected chi connectivity index (χ1v) is 10.2. The van der Waals surface area contributed by atoms with Crippen LogP contribution in [0.5, 0.6) is 11.5 Å². The fourth-order valence-electron chi connectivity index (χ4n) is 3.05. The topological polar surface area (TPSA) is 73.6 Å². The van der Waals surface area contributed by atoms with Crippen molar-refractivity contribution in [3.8, 4) is 23.0 Å². The summed E-state index contributed by atoms with van der Waals surface area (Å²) in [5.74, 6) is 1.23. The van der Waals surface area contributed by atoms with Gasteiger partial charge in [-0.25, -0.2) is 4.98 Å². The van der Waals surface area contributed by atoms with Crippen molar-refractivity contribution in [3.05, 3.63) is 70.2 Å². The fourth-order valence-corrected chi connectivity index (χ4v) is 3.54. The molecule has 0 spiro atoms. The van der Waals surface area contributed by atoms with Crippen molar-refractivity contribution in [3.63, 3.8) is 0 Å². The maximum atomic E-state index is 12.6. The SMILES string of the molecule is CCOc1ccc(C(=O)Nc2ccc3oc(-c4ccc(OC)c(Cl)c4)nc3c2)cc1Cl. The van der Waals surface area contributed by atoms with Crippen LogP contribution in [0.1, 0.15) is 17.3 Å². The van der Waals surface area contributed by atoms with Crippen LogP contribution in [0.15, 0.2) is 59.0 Å². The number of ether oxygens (including phenoxy) is 2. The van der Waals surface area contributed by atoms with Crippen LogP contribution in [-0.2, 0) is 0 Å². The van der Waals surface area contributed by atoms with E-state index in [2.05, 4.69) is 10.3 Å². The number of aromatic nitrogens is 1. The summed E-state index contributed by atoms with van der Waals surface area (Å²) in [5, 5.41) is 3.69. The molecule has 1 aromatic heterocycles. The quantitative estimate of drug-likeness (QED) is 0.360. The normalized spacial score (nSPS) is 10.8. The molecule has 0 unspecified atom stereocenters. The van der Waals surface area contributed by atoms with Gasteiger partial charge in [-0.1, -0.05) is 23.2 Å². The van der Waals surface area contributed by atoms with Crippen LogP contribution in [0.3, 0.4) is 0 Å². The van der Waals surface area contributed by atoms with E-state index < -0.39 is 0 Å². The molecule has 8 heteroatoms. The minimum atomic E-state index is -0.296. The average Bonchev–Trinajstić information content (AvgIpc) is 3.18. The predicted octanol–water partition coefficient (Wildman–Crippen LogP) is 6.46. The van der Waals surface area contributed by atoms with Crippen molar-refractivity contribution in [1.82, 2.24) is 4.98 Å². The first kappa shape index (κ1) is 21.0. The Hall–Kier alpha value is -3.22. The molecule has 0 radical (unpaired) electrons. The van der Waals surface area contributed by atoms with E-state index >= 15 is 0 Å². The molecule has 1 heterocycles. The molecule has 0 aliphatic carbocycles. The molecule has 0 aliphatic rings. The van der Waals surface area contributed by atoms with Crippen LogP contribution in [-0.4, -0.2) is 24.6 Å². The number of carbonyl (C=O) groups excluding carboxylic acids is 1. The summed E-state index contributed by atoms with van der Waals surface area (Å²) in [6.07, 6.45) is 0. The Morgan fingerprint density at radius 3 is 2.52 bits per heavy atom. The number of oxazole rings is 1. The van der Waals surface area contributed by atoms with Crippen LogP contribution in [0.4, 0.5) is 5.69 Å². The summed E-state index contributed by atoms with van der Waals surface area (Å²) in [5.41, 5.74) is 2.91. The molecule has 1 N–H and O–H groups in total. The zero-order chi connectivity index (χ0) is 22.0. The van der Waals surface area contributed by atoms with Gasteiger partial charge < -0.3 is 19.2 Å². The number of halogens is 2. The Kier molecular flexibility index (Phi) is 6.02. The van der Waals surface area contributed by atoms with Gasteiger partial charge >= 0.3 is 0 Å². The Morgan fingerprint density at radius 2 is 1.81 bits per heavy atom. The van der Waals surface area contributed by atoms with E-state index in [1.165, 1.54) is 0 Å². The second-order valence-corrected chi connectivity index (χ2v) is 7.40. The number of methoxy groups -OCH3 is 1. The Labute approximate surface area is 188 Å². The molecular weight excluding hydrogens is 439 g/mol. The number of nitrogens with zero attached hydrogens (tertiary/aromatic N) is 1. The largest absolute Gasteiger partial charge is 0.495 e. The molecular formula is C23H18Cl2N2O4. The van der Waals surface area contributed by atoms with Crippen molar-refractivity contribution in [1.29, 1.82) is 0 Å². The second kappa shape index (κ2) is 8.88. The molecule has 3 aromatic carbocycles. The summed E-state index contributed by atoms with van der Waals surface area (Å²) in [4.78, 5) is 17.1. The third kappa shape index (κ3) is 4.45. The van der Waals surface area contributed by atoms with Gasteiger partial charge in [0, 0.05) is 16.8 Å². The lowest BCUT2D eigenvalue weighted by Crippen LogP contribution is -2.11. The summed E-state index contributed by atoms with van der Waals surface area (Å²) in [7, 11) is 1.55. The van der Waals surface area contributed by atoms with Gasteiger partial charge in [-0.05, 0) is 61.5 Å². The molecule has 4 aromatic rings. The van der Waals surface area contributed by atoms with E-state index in [0.29, 0.717) is 56.4 Å². The Balaban J connectivity index is 1.56. The summed E-state index contributed by atoms with van der Waals surface area (Å²) in [6.45, 7) is 2.36. The van der Waals surface area contributed by atoms with Gasteiger partial charge in [0.25, 0.3) is 5.91 Å². The lowest BCUT2D eigenvalue weighted by Gasteiger charge is -2.08. The van der Waals surface area contributed by atoms with Crippen molar-refractivity contribution >= 4 is 45.9 Å². The number of nitrogens with one attached hydrogen (secondary N) is 1. The van der Waals surface area contributed by atoms with E-state index in [0.717, 1.165) is 5.56 Å². The highest BCUT2D eigenvalue weighted by atomic mass is 35.5. The first-order valence-electron chi connectivity index (χ1n) is 9.46. The fraction of sp³-hybridized carbons (Fsp3) is 0.130. The molecule has 0 fully saturated rings. The number of amides is 1. The summed E-state index contributed by atoms with van der Waals surface area (Å²) in [6, 6.07) is 15.4. The highest BCUT2D eigenvalue weighted by Crippen LogP contribution is 2.32. The third-order valence-corrected chi connectivity index (χ3v) is 5.13. The van der Waals surface area contributed by atoms with E-state index in [4.69, 9.17) is 37.1 Å². The summed E-state index contributed by atoms with van der Waals surface area (Å²) >= 11 is 12.4. The van der Waals surface area contributed by atoms with Crippen LogP contribution in [0.25, 0.3) is 22.6 Å². The van der Waals surface area contributed by atoms with Crippen LogP contribution >= 0.6 is 23.2 Å². The highest BCUT2D eigenvalue weighted by molar-refractivity contribution is 6.32. The van der Waals surface area contributed by atoms with Crippen LogP contribution < -0.4 is 14.8 Å². The lowest BCUT2D eigenvalue weighted by molar-refractivity contribution is 0.102. The number of fused-ring (bicyclic) bond motifs is 1. The molecule has 0 aliphatic heterocycles. The maximum Gasteiger partial charge on any atom is 0.255 e. The lowest BCUT2D eigenvalue weighted by atomic mass is 10.2. The van der Waals surface area contributed by atoms with Gasteiger partial charge in [0.2, 0.25) is 5.89 Å². The molecule has 31 heavy (non-hydrogen) atoms. The Bertz CT molecular complexity index is 1270. The van der Waals surface area contributed by atoms with E-state index in [1.54, 1.807) is 55.6 Å². The zero-order valence-electron chi connectivity index (χ0n) is 16.7. The first-order chi connectivity index (χ1) is 15.0. The smallest absolute Gasteiger partial charge is 0.255 e. The average molecular weight is 457 g/mol. The van der Waals surface area contributed by atoms with Gasteiger partial charge in [0.05, 0.1) is 23.8 Å². The molecule has 0 saturated heterocycles. The minimum absolute atomic E-state index is 0.296. The number of rotatable bonds is 6. The van der Waals surface area contributed by atoms with Crippen LogP contribution in [0, 0.1) is 0 Å². The second-order valence-electron chi connectivity index (χ2n) is 6.58.